The smallest absolute Gasteiger partial charge is 0.159 e. The van der Waals surface area contributed by atoms with Crippen LogP contribution in [0.5, 0.6) is 0 Å². The molecule has 0 spiro atoms. The van der Waals surface area contributed by atoms with Crippen LogP contribution in [0.1, 0.15) is 0 Å². The Hall–Kier alpha value is -7.36. The van der Waals surface area contributed by atoms with Gasteiger partial charge in [-0.05, 0) is 69.8 Å². The average molecular weight is 704 g/mol. The standard InChI is InChI=1S/C52H33NO2/c1-3-13-34(14-4-1)36-25-27-38(28-26-36)40-20-12-24-49-50(40)45-33-47(41-17-7-8-19-43(41)51(45)55-49)53(39-31-29-37(30-32-39)35-15-5-2-6-16-35)46-22-11-21-44-42-18-9-10-23-48(42)54-52(44)46/h1-33H. The van der Waals surface area contributed by atoms with E-state index in [-0.39, 0.29) is 0 Å². The molecule has 0 atom stereocenters. The summed E-state index contributed by atoms with van der Waals surface area (Å²) < 4.78 is 13.5. The van der Waals surface area contributed by atoms with E-state index < -0.39 is 0 Å². The SMILES string of the molecule is c1ccc(-c2ccc(-c3cccc4oc5c6ccccc6c(N(c6ccc(-c7ccccc7)cc6)c6cccc7c6oc6ccccc67)cc5c34)cc2)cc1. The van der Waals surface area contributed by atoms with E-state index in [0.717, 1.165) is 88.4 Å². The van der Waals surface area contributed by atoms with Crippen molar-refractivity contribution in [2.45, 2.75) is 0 Å². The first-order valence-electron chi connectivity index (χ1n) is 18.7. The molecule has 0 aliphatic carbocycles. The maximum atomic E-state index is 6.80. The largest absolute Gasteiger partial charge is 0.455 e. The van der Waals surface area contributed by atoms with Crippen molar-refractivity contribution < 1.29 is 8.83 Å². The minimum Gasteiger partial charge on any atom is -0.455 e. The summed E-state index contributed by atoms with van der Waals surface area (Å²) in [4.78, 5) is 2.36. The molecule has 3 heteroatoms. The van der Waals surface area contributed by atoms with Crippen molar-refractivity contribution in [3.05, 3.63) is 200 Å². The molecular weight excluding hydrogens is 671 g/mol. The lowest BCUT2D eigenvalue weighted by Crippen LogP contribution is -2.11. The van der Waals surface area contributed by atoms with Crippen molar-refractivity contribution in [1.29, 1.82) is 0 Å². The number of para-hydroxylation sites is 2. The van der Waals surface area contributed by atoms with Gasteiger partial charge in [-0.1, -0.05) is 164 Å². The van der Waals surface area contributed by atoms with Gasteiger partial charge in [0.05, 0.1) is 11.4 Å². The first-order valence-corrected chi connectivity index (χ1v) is 18.7. The molecule has 9 aromatic carbocycles. The van der Waals surface area contributed by atoms with Gasteiger partial charge in [0.15, 0.2) is 5.58 Å². The van der Waals surface area contributed by atoms with Crippen LogP contribution in [0.2, 0.25) is 0 Å². The Kier molecular flexibility index (Phi) is 7.17. The molecule has 0 bridgehead atoms. The van der Waals surface area contributed by atoms with Crippen molar-refractivity contribution in [3.8, 4) is 33.4 Å². The molecule has 11 aromatic rings. The molecule has 0 aliphatic rings. The molecule has 2 heterocycles. The number of fused-ring (bicyclic) bond motifs is 8. The van der Waals surface area contributed by atoms with Crippen LogP contribution in [0.15, 0.2) is 209 Å². The Balaban J connectivity index is 1.17. The predicted octanol–water partition coefficient (Wildman–Crippen LogP) is 15.1. The zero-order valence-electron chi connectivity index (χ0n) is 29.8. The van der Waals surface area contributed by atoms with Crippen molar-refractivity contribution in [2.24, 2.45) is 0 Å². The lowest BCUT2D eigenvalue weighted by molar-refractivity contribution is 0.669. The molecule has 0 amide bonds. The van der Waals surface area contributed by atoms with E-state index in [1.165, 1.54) is 16.7 Å². The Morgan fingerprint density at radius 1 is 0.309 bits per heavy atom. The average Bonchev–Trinajstić information content (AvgIpc) is 3.84. The Labute approximate surface area is 317 Å². The van der Waals surface area contributed by atoms with Gasteiger partial charge in [0, 0.05) is 38.0 Å². The van der Waals surface area contributed by atoms with Crippen LogP contribution < -0.4 is 4.90 Å². The Morgan fingerprint density at radius 3 is 1.55 bits per heavy atom. The normalized spacial score (nSPS) is 11.6. The number of hydrogen-bond donors (Lipinski definition) is 0. The molecule has 0 aliphatic heterocycles. The van der Waals surface area contributed by atoms with Crippen molar-refractivity contribution in [3.63, 3.8) is 0 Å². The van der Waals surface area contributed by atoms with Gasteiger partial charge in [-0.25, -0.2) is 0 Å². The fraction of sp³-hybridized carbons (Fsp3) is 0. The van der Waals surface area contributed by atoms with Crippen LogP contribution in [0.25, 0.3) is 88.0 Å². The Morgan fingerprint density at radius 2 is 0.818 bits per heavy atom. The minimum absolute atomic E-state index is 0.844. The van der Waals surface area contributed by atoms with Crippen molar-refractivity contribution >= 4 is 71.7 Å². The van der Waals surface area contributed by atoms with Crippen LogP contribution in [0.4, 0.5) is 17.1 Å². The number of hydrogen-bond acceptors (Lipinski definition) is 3. The maximum Gasteiger partial charge on any atom is 0.159 e. The third-order valence-electron chi connectivity index (χ3n) is 10.9. The van der Waals surface area contributed by atoms with Gasteiger partial charge < -0.3 is 13.7 Å². The second-order valence-corrected chi connectivity index (χ2v) is 14.0. The molecule has 0 unspecified atom stereocenters. The molecule has 258 valence electrons. The van der Waals surface area contributed by atoms with Gasteiger partial charge in [-0.3, -0.25) is 0 Å². The lowest BCUT2D eigenvalue weighted by Gasteiger charge is -2.27. The summed E-state index contributed by atoms with van der Waals surface area (Å²) in [5.74, 6) is 0. The molecule has 0 N–H and O–H groups in total. The van der Waals surface area contributed by atoms with E-state index in [2.05, 4.69) is 193 Å². The topological polar surface area (TPSA) is 29.5 Å². The Bertz CT molecular complexity index is 3180. The van der Waals surface area contributed by atoms with Gasteiger partial charge in [-0.15, -0.1) is 0 Å². The van der Waals surface area contributed by atoms with Gasteiger partial charge in [0.2, 0.25) is 0 Å². The van der Waals surface area contributed by atoms with Crippen LogP contribution in [0.3, 0.4) is 0 Å². The van der Waals surface area contributed by atoms with Gasteiger partial charge in [0.25, 0.3) is 0 Å². The van der Waals surface area contributed by atoms with Crippen LogP contribution in [-0.2, 0) is 0 Å². The summed E-state index contributed by atoms with van der Waals surface area (Å²) in [5, 5.41) is 6.48. The number of benzene rings is 9. The second-order valence-electron chi connectivity index (χ2n) is 14.0. The molecule has 0 saturated carbocycles. The molecule has 3 nitrogen and oxygen atoms in total. The van der Waals surface area contributed by atoms with E-state index >= 15 is 0 Å². The van der Waals surface area contributed by atoms with Crippen LogP contribution >= 0.6 is 0 Å². The number of anilines is 3. The van der Waals surface area contributed by atoms with Gasteiger partial charge in [0.1, 0.15) is 16.7 Å². The third-order valence-corrected chi connectivity index (χ3v) is 10.9. The van der Waals surface area contributed by atoms with Gasteiger partial charge >= 0.3 is 0 Å². The lowest BCUT2D eigenvalue weighted by atomic mass is 9.95. The van der Waals surface area contributed by atoms with E-state index in [9.17, 15) is 0 Å². The highest BCUT2D eigenvalue weighted by atomic mass is 16.3. The first kappa shape index (κ1) is 31.2. The number of furan rings is 2. The second kappa shape index (κ2) is 12.6. The van der Waals surface area contributed by atoms with Crippen LogP contribution in [-0.4, -0.2) is 0 Å². The summed E-state index contributed by atoms with van der Waals surface area (Å²) in [5.41, 5.74) is 13.5. The minimum atomic E-state index is 0.844. The van der Waals surface area contributed by atoms with E-state index in [1.807, 2.05) is 12.1 Å². The number of nitrogens with zero attached hydrogens (tertiary/aromatic N) is 1. The highest BCUT2D eigenvalue weighted by Gasteiger charge is 2.24. The molecule has 2 aromatic heterocycles. The zero-order chi connectivity index (χ0) is 36.3. The highest BCUT2D eigenvalue weighted by Crippen LogP contribution is 2.48. The predicted molar refractivity (Wildman–Crippen MR) is 229 cm³/mol. The van der Waals surface area contributed by atoms with Crippen molar-refractivity contribution in [2.75, 3.05) is 4.90 Å². The fourth-order valence-electron chi connectivity index (χ4n) is 8.28. The molecule has 11 rings (SSSR count). The first-order chi connectivity index (χ1) is 27.3. The fourth-order valence-corrected chi connectivity index (χ4v) is 8.28. The number of rotatable bonds is 6. The molecule has 0 saturated heterocycles. The molecular formula is C52H33NO2. The summed E-state index contributed by atoms with van der Waals surface area (Å²) in [7, 11) is 0. The molecule has 0 fully saturated rings. The van der Waals surface area contributed by atoms with Crippen molar-refractivity contribution in [1.82, 2.24) is 0 Å². The third kappa shape index (κ3) is 5.13. The summed E-state index contributed by atoms with van der Waals surface area (Å²) in [6.45, 7) is 0. The summed E-state index contributed by atoms with van der Waals surface area (Å²) >= 11 is 0. The summed E-state index contributed by atoms with van der Waals surface area (Å²) in [6.07, 6.45) is 0. The van der Waals surface area contributed by atoms with E-state index in [1.54, 1.807) is 0 Å². The quantitative estimate of drug-likeness (QED) is 0.173. The maximum absolute atomic E-state index is 6.80. The molecule has 0 radical (unpaired) electrons. The monoisotopic (exact) mass is 703 g/mol. The zero-order valence-corrected chi connectivity index (χ0v) is 29.8. The van der Waals surface area contributed by atoms with E-state index in [0.29, 0.717) is 0 Å². The molecule has 55 heavy (non-hydrogen) atoms. The van der Waals surface area contributed by atoms with E-state index in [4.69, 9.17) is 8.83 Å². The highest BCUT2D eigenvalue weighted by molar-refractivity contribution is 6.23. The summed E-state index contributed by atoms with van der Waals surface area (Å²) in [6, 6.07) is 70.8. The van der Waals surface area contributed by atoms with Crippen LogP contribution in [0, 0.1) is 0 Å². The van der Waals surface area contributed by atoms with Gasteiger partial charge in [-0.2, -0.15) is 0 Å².